The Hall–Kier alpha value is -1.64. The third kappa shape index (κ3) is 1.21. The Balaban J connectivity index is 2.25. The molecule has 1 aliphatic rings. The van der Waals surface area contributed by atoms with Crippen molar-refractivity contribution in [3.05, 3.63) is 42.0 Å². The van der Waals surface area contributed by atoms with E-state index in [-0.39, 0.29) is 0 Å². The van der Waals surface area contributed by atoms with Crippen LogP contribution in [0.2, 0.25) is 0 Å². The highest BCUT2D eigenvalue weighted by Gasteiger charge is 2.09. The van der Waals surface area contributed by atoms with Crippen molar-refractivity contribution in [3.8, 4) is 0 Å². The number of pyridine rings is 1. The Kier molecular flexibility index (Phi) is 1.63. The summed E-state index contributed by atoms with van der Waals surface area (Å²) < 4.78 is 0. The molecule has 0 fully saturated rings. The van der Waals surface area contributed by atoms with Crippen molar-refractivity contribution in [2.45, 2.75) is 6.92 Å². The van der Waals surface area contributed by atoms with Gasteiger partial charge >= 0.3 is 0 Å². The number of amidine groups is 1. The monoisotopic (exact) mass is 158 g/mol. The van der Waals surface area contributed by atoms with E-state index in [4.69, 9.17) is 0 Å². The molecule has 0 saturated heterocycles. The van der Waals surface area contributed by atoms with E-state index in [0.717, 1.165) is 17.1 Å². The van der Waals surface area contributed by atoms with E-state index in [1.165, 1.54) is 0 Å². The number of nitrogens with zero attached hydrogens (tertiary/aromatic N) is 3. The second kappa shape index (κ2) is 2.77. The molecule has 0 bridgehead atoms. The SMILES string of the molecule is CC1=CN=C(c2cccnc2)[N]1. The van der Waals surface area contributed by atoms with Crippen LogP contribution in [-0.2, 0) is 0 Å². The summed E-state index contributed by atoms with van der Waals surface area (Å²) in [6.45, 7) is 1.92. The van der Waals surface area contributed by atoms with Gasteiger partial charge in [-0.05, 0) is 19.1 Å². The molecular formula is C9H8N3. The molecule has 0 spiro atoms. The maximum absolute atomic E-state index is 4.23. The number of allylic oxidation sites excluding steroid dienone is 1. The van der Waals surface area contributed by atoms with Gasteiger partial charge < -0.3 is 0 Å². The molecule has 0 N–H and O–H groups in total. The molecule has 1 radical (unpaired) electrons. The number of rotatable bonds is 1. The van der Waals surface area contributed by atoms with E-state index in [1.807, 2.05) is 19.1 Å². The highest BCUT2D eigenvalue weighted by atomic mass is 15.0. The molecule has 0 atom stereocenters. The molecule has 0 amide bonds. The van der Waals surface area contributed by atoms with Gasteiger partial charge in [-0.1, -0.05) is 0 Å². The van der Waals surface area contributed by atoms with Crippen molar-refractivity contribution < 1.29 is 0 Å². The summed E-state index contributed by atoms with van der Waals surface area (Å²) >= 11 is 0. The second-order valence-corrected chi connectivity index (χ2v) is 2.58. The molecule has 2 heterocycles. The molecule has 59 valence electrons. The first kappa shape index (κ1) is 7.03. The van der Waals surface area contributed by atoms with Crippen LogP contribution >= 0.6 is 0 Å². The fourth-order valence-electron chi connectivity index (χ4n) is 1.01. The van der Waals surface area contributed by atoms with E-state index in [0.29, 0.717) is 0 Å². The van der Waals surface area contributed by atoms with E-state index in [9.17, 15) is 0 Å². The van der Waals surface area contributed by atoms with Crippen LogP contribution in [0.1, 0.15) is 12.5 Å². The first-order valence-electron chi connectivity index (χ1n) is 3.73. The van der Waals surface area contributed by atoms with E-state index >= 15 is 0 Å². The van der Waals surface area contributed by atoms with Gasteiger partial charge in [-0.2, -0.15) is 0 Å². The van der Waals surface area contributed by atoms with E-state index < -0.39 is 0 Å². The zero-order valence-electron chi connectivity index (χ0n) is 6.73. The van der Waals surface area contributed by atoms with Crippen molar-refractivity contribution in [2.75, 3.05) is 0 Å². The normalized spacial score (nSPS) is 15.1. The number of hydrogen-bond donors (Lipinski definition) is 0. The standard InChI is InChI=1S/C9H8N3/c1-7-5-11-9(12-7)8-3-2-4-10-6-8/h2-6H,1H3. The highest BCUT2D eigenvalue weighted by molar-refractivity contribution is 6.00. The molecule has 0 saturated carbocycles. The number of hydrogen-bond acceptors (Lipinski definition) is 2. The zero-order chi connectivity index (χ0) is 8.39. The number of aromatic nitrogens is 1. The Morgan fingerprint density at radius 1 is 1.33 bits per heavy atom. The largest absolute Gasteiger partial charge is 0.264 e. The lowest BCUT2D eigenvalue weighted by atomic mass is 10.2. The number of aliphatic imine (C=N–C) groups is 1. The van der Waals surface area contributed by atoms with Gasteiger partial charge in [0.1, 0.15) is 0 Å². The highest BCUT2D eigenvalue weighted by Crippen LogP contribution is 2.07. The Bertz CT molecular complexity index is 338. The van der Waals surface area contributed by atoms with Crippen LogP contribution < -0.4 is 5.32 Å². The molecule has 1 aromatic heterocycles. The van der Waals surface area contributed by atoms with E-state index in [2.05, 4.69) is 15.3 Å². The summed E-state index contributed by atoms with van der Waals surface area (Å²) in [4.78, 5) is 8.13. The maximum atomic E-state index is 4.23. The molecule has 12 heavy (non-hydrogen) atoms. The lowest BCUT2D eigenvalue weighted by Crippen LogP contribution is -2.10. The van der Waals surface area contributed by atoms with Crippen LogP contribution in [0.25, 0.3) is 0 Å². The van der Waals surface area contributed by atoms with Crippen LogP contribution in [0.15, 0.2) is 41.4 Å². The lowest BCUT2D eigenvalue weighted by Gasteiger charge is -1.98. The third-order valence-corrected chi connectivity index (χ3v) is 1.58. The van der Waals surface area contributed by atoms with Crippen LogP contribution in [0.3, 0.4) is 0 Å². The minimum Gasteiger partial charge on any atom is -0.264 e. The predicted octanol–water partition coefficient (Wildman–Crippen LogP) is 1.31. The van der Waals surface area contributed by atoms with Crippen molar-refractivity contribution >= 4 is 5.84 Å². The second-order valence-electron chi connectivity index (χ2n) is 2.58. The fraction of sp³-hybridized carbons (Fsp3) is 0.111. The Morgan fingerprint density at radius 2 is 2.25 bits per heavy atom. The van der Waals surface area contributed by atoms with E-state index in [1.54, 1.807) is 18.6 Å². The van der Waals surface area contributed by atoms with Gasteiger partial charge in [0.2, 0.25) is 0 Å². The average molecular weight is 158 g/mol. The molecule has 2 rings (SSSR count). The average Bonchev–Trinajstić information content (AvgIpc) is 2.54. The van der Waals surface area contributed by atoms with Crippen molar-refractivity contribution in [1.29, 1.82) is 0 Å². The molecular weight excluding hydrogens is 150 g/mol. The molecule has 1 aromatic rings. The maximum Gasteiger partial charge on any atom is 0.161 e. The topological polar surface area (TPSA) is 39.4 Å². The van der Waals surface area contributed by atoms with Gasteiger partial charge in [0.05, 0.1) is 11.9 Å². The van der Waals surface area contributed by atoms with Crippen LogP contribution in [-0.4, -0.2) is 10.8 Å². The van der Waals surface area contributed by atoms with Gasteiger partial charge in [0, 0.05) is 18.0 Å². The predicted molar refractivity (Wildman–Crippen MR) is 46.7 cm³/mol. The fourth-order valence-corrected chi connectivity index (χ4v) is 1.01. The summed E-state index contributed by atoms with van der Waals surface area (Å²) in [5.74, 6) is 0.751. The molecule has 1 aliphatic heterocycles. The zero-order valence-corrected chi connectivity index (χ0v) is 6.73. The summed E-state index contributed by atoms with van der Waals surface area (Å²) in [5.41, 5.74) is 1.90. The first-order chi connectivity index (χ1) is 5.86. The molecule has 3 nitrogen and oxygen atoms in total. The minimum atomic E-state index is 0.751. The minimum absolute atomic E-state index is 0.751. The first-order valence-corrected chi connectivity index (χ1v) is 3.73. The third-order valence-electron chi connectivity index (χ3n) is 1.58. The van der Waals surface area contributed by atoms with Crippen molar-refractivity contribution in [3.63, 3.8) is 0 Å². The lowest BCUT2D eigenvalue weighted by molar-refractivity contribution is 1.13. The van der Waals surface area contributed by atoms with Crippen LogP contribution in [0.4, 0.5) is 0 Å². The van der Waals surface area contributed by atoms with Crippen LogP contribution in [0, 0.1) is 0 Å². The smallest absolute Gasteiger partial charge is 0.161 e. The van der Waals surface area contributed by atoms with Gasteiger partial charge in [-0.3, -0.25) is 4.98 Å². The van der Waals surface area contributed by atoms with Gasteiger partial charge in [-0.15, -0.1) is 0 Å². The summed E-state index contributed by atoms with van der Waals surface area (Å²) in [6, 6.07) is 3.82. The Morgan fingerprint density at radius 3 is 2.83 bits per heavy atom. The molecule has 3 heteroatoms. The quantitative estimate of drug-likeness (QED) is 0.607. The molecule has 0 unspecified atom stereocenters. The molecule has 0 aliphatic carbocycles. The van der Waals surface area contributed by atoms with Crippen molar-refractivity contribution in [2.24, 2.45) is 4.99 Å². The van der Waals surface area contributed by atoms with Gasteiger partial charge in [0.25, 0.3) is 0 Å². The van der Waals surface area contributed by atoms with Crippen LogP contribution in [0.5, 0.6) is 0 Å². The van der Waals surface area contributed by atoms with Crippen molar-refractivity contribution in [1.82, 2.24) is 10.3 Å². The Labute approximate surface area is 70.9 Å². The van der Waals surface area contributed by atoms with Gasteiger partial charge in [0.15, 0.2) is 5.84 Å². The molecule has 0 aromatic carbocycles. The summed E-state index contributed by atoms with van der Waals surface area (Å²) in [5, 5.41) is 4.23. The van der Waals surface area contributed by atoms with Gasteiger partial charge in [-0.25, -0.2) is 10.3 Å². The summed E-state index contributed by atoms with van der Waals surface area (Å²) in [7, 11) is 0. The summed E-state index contributed by atoms with van der Waals surface area (Å²) in [6.07, 6.45) is 5.25.